The Labute approximate surface area is 191 Å². The number of β-amino-alcohol motifs (C(OH)–C–C–N with tert-alkyl or cyclic N) is 1. The van der Waals surface area contributed by atoms with Crippen molar-refractivity contribution in [2.45, 2.75) is 49.8 Å². The fraction of sp³-hybridized carbons (Fsp3) is 0.520. The summed E-state index contributed by atoms with van der Waals surface area (Å²) in [5.41, 5.74) is 2.41. The third-order valence-electron chi connectivity index (χ3n) is 5.62. The van der Waals surface area contributed by atoms with Gasteiger partial charge in [-0.05, 0) is 67.6 Å². The molecule has 0 aliphatic carbocycles. The standard InChI is InChI=1S/C25H36N2O3S/c1-29-25-15-21(17-26-16-20-8-7-9-23(14-20)31-2)10-11-24(25)30-19-22(28)18-27-12-5-3-4-6-13-27/h7-11,14-15,22,26,28H,3-6,12-13,16-19H2,1-2H3/t22-/m0/s1. The number of hydrogen-bond donors (Lipinski definition) is 2. The minimum absolute atomic E-state index is 0.274. The van der Waals surface area contributed by atoms with Crippen molar-refractivity contribution >= 4 is 11.8 Å². The van der Waals surface area contributed by atoms with Crippen LogP contribution in [-0.4, -0.2) is 55.7 Å². The van der Waals surface area contributed by atoms with Gasteiger partial charge in [0.1, 0.15) is 12.7 Å². The number of nitrogens with zero attached hydrogens (tertiary/aromatic N) is 1. The summed E-state index contributed by atoms with van der Waals surface area (Å²) in [7, 11) is 1.65. The predicted molar refractivity (Wildman–Crippen MR) is 128 cm³/mol. The van der Waals surface area contributed by atoms with Gasteiger partial charge in [0.15, 0.2) is 11.5 Å². The zero-order chi connectivity index (χ0) is 21.9. The van der Waals surface area contributed by atoms with Crippen molar-refractivity contribution in [3.05, 3.63) is 53.6 Å². The van der Waals surface area contributed by atoms with Crippen LogP contribution in [0.1, 0.15) is 36.8 Å². The number of benzene rings is 2. The molecule has 6 heteroatoms. The first-order valence-corrected chi connectivity index (χ1v) is 12.4. The monoisotopic (exact) mass is 444 g/mol. The Kier molecular flexibility index (Phi) is 10.0. The average molecular weight is 445 g/mol. The molecule has 0 spiro atoms. The minimum atomic E-state index is -0.499. The van der Waals surface area contributed by atoms with Crippen molar-refractivity contribution in [1.82, 2.24) is 10.2 Å². The molecule has 3 rings (SSSR count). The van der Waals surface area contributed by atoms with Crippen LogP contribution in [0.25, 0.3) is 0 Å². The van der Waals surface area contributed by atoms with Crippen molar-refractivity contribution < 1.29 is 14.6 Å². The van der Waals surface area contributed by atoms with E-state index in [1.165, 1.54) is 36.1 Å². The van der Waals surface area contributed by atoms with E-state index in [1.807, 2.05) is 18.2 Å². The van der Waals surface area contributed by atoms with E-state index in [1.54, 1.807) is 18.9 Å². The summed E-state index contributed by atoms with van der Waals surface area (Å²) in [5.74, 6) is 1.37. The maximum Gasteiger partial charge on any atom is 0.161 e. The SMILES string of the molecule is COc1cc(CNCc2cccc(SC)c2)ccc1OC[C@@H](O)CN1CCCCCC1. The molecule has 1 atom stereocenters. The molecule has 5 nitrogen and oxygen atoms in total. The summed E-state index contributed by atoms with van der Waals surface area (Å²) in [6.45, 7) is 4.65. The Morgan fingerprint density at radius 1 is 1.00 bits per heavy atom. The molecule has 1 fully saturated rings. The highest BCUT2D eigenvalue weighted by Gasteiger charge is 2.15. The van der Waals surface area contributed by atoms with Crippen LogP contribution in [0, 0.1) is 0 Å². The lowest BCUT2D eigenvalue weighted by molar-refractivity contribution is 0.0683. The number of nitrogens with one attached hydrogen (secondary N) is 1. The van der Waals surface area contributed by atoms with Crippen LogP contribution in [-0.2, 0) is 13.1 Å². The first kappa shape index (κ1) is 23.9. The fourth-order valence-corrected chi connectivity index (χ4v) is 4.41. The van der Waals surface area contributed by atoms with Gasteiger partial charge in [-0.25, -0.2) is 0 Å². The van der Waals surface area contributed by atoms with E-state index in [0.717, 1.165) is 31.7 Å². The molecule has 31 heavy (non-hydrogen) atoms. The van der Waals surface area contributed by atoms with Crippen LogP contribution >= 0.6 is 11.8 Å². The Balaban J connectivity index is 1.47. The lowest BCUT2D eigenvalue weighted by Gasteiger charge is -2.23. The number of aliphatic hydroxyl groups is 1. The van der Waals surface area contributed by atoms with Gasteiger partial charge in [0.25, 0.3) is 0 Å². The molecule has 1 aliphatic rings. The summed E-state index contributed by atoms with van der Waals surface area (Å²) >= 11 is 1.76. The van der Waals surface area contributed by atoms with Crippen molar-refractivity contribution in [2.24, 2.45) is 0 Å². The van der Waals surface area contributed by atoms with Gasteiger partial charge in [0.2, 0.25) is 0 Å². The van der Waals surface area contributed by atoms with E-state index in [0.29, 0.717) is 18.0 Å². The third kappa shape index (κ3) is 8.04. The van der Waals surface area contributed by atoms with Gasteiger partial charge < -0.3 is 24.8 Å². The second-order valence-electron chi connectivity index (χ2n) is 8.12. The number of likely N-dealkylation sites (tertiary alicyclic amines) is 1. The van der Waals surface area contributed by atoms with E-state index in [2.05, 4.69) is 40.7 Å². The Morgan fingerprint density at radius 2 is 1.74 bits per heavy atom. The van der Waals surface area contributed by atoms with Crippen LogP contribution in [0.15, 0.2) is 47.4 Å². The smallest absolute Gasteiger partial charge is 0.161 e. The largest absolute Gasteiger partial charge is 0.493 e. The maximum absolute atomic E-state index is 10.4. The summed E-state index contributed by atoms with van der Waals surface area (Å²) in [5, 5.41) is 13.9. The normalized spacial score (nSPS) is 16.0. The van der Waals surface area contributed by atoms with Gasteiger partial charge in [0, 0.05) is 24.5 Å². The lowest BCUT2D eigenvalue weighted by Crippen LogP contribution is -2.36. The topological polar surface area (TPSA) is 54.0 Å². The summed E-state index contributed by atoms with van der Waals surface area (Å²) in [6, 6.07) is 14.6. The molecule has 0 bridgehead atoms. The van der Waals surface area contributed by atoms with Crippen LogP contribution < -0.4 is 14.8 Å². The molecule has 0 aromatic heterocycles. The van der Waals surface area contributed by atoms with E-state index in [9.17, 15) is 5.11 Å². The van der Waals surface area contributed by atoms with Crippen molar-refractivity contribution in [2.75, 3.05) is 39.6 Å². The van der Waals surface area contributed by atoms with Crippen LogP contribution in [0.5, 0.6) is 11.5 Å². The average Bonchev–Trinajstić information content (AvgIpc) is 3.06. The van der Waals surface area contributed by atoms with Gasteiger partial charge in [-0.15, -0.1) is 11.8 Å². The summed E-state index contributed by atoms with van der Waals surface area (Å²) in [6.07, 6.45) is 6.63. The highest BCUT2D eigenvalue weighted by Crippen LogP contribution is 2.28. The first-order valence-electron chi connectivity index (χ1n) is 11.2. The Bertz CT molecular complexity index is 794. The second kappa shape index (κ2) is 13.0. The van der Waals surface area contributed by atoms with Crippen LogP contribution in [0.4, 0.5) is 0 Å². The number of aliphatic hydroxyl groups excluding tert-OH is 1. The highest BCUT2D eigenvalue weighted by molar-refractivity contribution is 7.98. The first-order chi connectivity index (χ1) is 15.2. The van der Waals surface area contributed by atoms with Gasteiger partial charge in [-0.1, -0.05) is 31.0 Å². The summed E-state index contributed by atoms with van der Waals surface area (Å²) in [4.78, 5) is 3.63. The van der Waals surface area contributed by atoms with E-state index < -0.39 is 6.10 Å². The molecule has 2 aromatic carbocycles. The third-order valence-corrected chi connectivity index (χ3v) is 6.34. The van der Waals surface area contributed by atoms with Crippen molar-refractivity contribution in [1.29, 1.82) is 0 Å². The second-order valence-corrected chi connectivity index (χ2v) is 9.00. The molecule has 0 amide bonds. The summed E-state index contributed by atoms with van der Waals surface area (Å²) < 4.78 is 11.4. The molecule has 0 saturated carbocycles. The zero-order valence-corrected chi connectivity index (χ0v) is 19.6. The highest BCUT2D eigenvalue weighted by atomic mass is 32.2. The molecule has 2 N–H and O–H groups in total. The molecule has 2 aromatic rings. The van der Waals surface area contributed by atoms with Gasteiger partial charge >= 0.3 is 0 Å². The molecular weight excluding hydrogens is 408 g/mol. The lowest BCUT2D eigenvalue weighted by atomic mass is 10.2. The molecule has 0 radical (unpaired) electrons. The van der Waals surface area contributed by atoms with Gasteiger partial charge in [-0.2, -0.15) is 0 Å². The number of ether oxygens (including phenoxy) is 2. The Morgan fingerprint density at radius 3 is 2.45 bits per heavy atom. The van der Waals surface area contributed by atoms with Crippen molar-refractivity contribution in [3.8, 4) is 11.5 Å². The predicted octanol–water partition coefficient (Wildman–Crippen LogP) is 4.32. The molecule has 1 aliphatic heterocycles. The number of methoxy groups -OCH3 is 1. The molecule has 0 unspecified atom stereocenters. The van der Waals surface area contributed by atoms with E-state index in [4.69, 9.17) is 9.47 Å². The van der Waals surface area contributed by atoms with Gasteiger partial charge in [-0.3, -0.25) is 0 Å². The molecule has 1 saturated heterocycles. The Hall–Kier alpha value is -1.73. The molecular formula is C25H36N2O3S. The maximum atomic E-state index is 10.4. The van der Waals surface area contributed by atoms with Crippen LogP contribution in [0.2, 0.25) is 0 Å². The molecule has 1 heterocycles. The van der Waals surface area contributed by atoms with Gasteiger partial charge in [0.05, 0.1) is 7.11 Å². The van der Waals surface area contributed by atoms with Crippen LogP contribution in [0.3, 0.4) is 0 Å². The minimum Gasteiger partial charge on any atom is -0.493 e. The van der Waals surface area contributed by atoms with E-state index in [-0.39, 0.29) is 6.61 Å². The van der Waals surface area contributed by atoms with Crippen molar-refractivity contribution in [3.63, 3.8) is 0 Å². The fourth-order valence-electron chi connectivity index (χ4n) is 3.93. The zero-order valence-electron chi connectivity index (χ0n) is 18.8. The number of hydrogen-bond acceptors (Lipinski definition) is 6. The number of thioether (sulfide) groups is 1. The van der Waals surface area contributed by atoms with E-state index >= 15 is 0 Å². The quantitative estimate of drug-likeness (QED) is 0.504. The number of rotatable bonds is 11. The molecule has 170 valence electrons.